The van der Waals surface area contributed by atoms with Gasteiger partial charge in [-0.15, -0.1) is 12.4 Å². The lowest BCUT2D eigenvalue weighted by Gasteiger charge is -2.07. The van der Waals surface area contributed by atoms with Gasteiger partial charge in [0.2, 0.25) is 5.89 Å². The average molecular weight is 336 g/mol. The van der Waals surface area contributed by atoms with E-state index in [4.69, 9.17) is 4.52 Å². The van der Waals surface area contributed by atoms with Crippen LogP contribution in [0.2, 0.25) is 0 Å². The molecular weight excluding hydrogens is 319 g/mol. The zero-order valence-electron chi connectivity index (χ0n) is 12.1. The molecule has 0 saturated carbocycles. The van der Waals surface area contributed by atoms with Gasteiger partial charge in [0.1, 0.15) is 0 Å². The highest BCUT2D eigenvalue weighted by atomic mass is 35.5. The Morgan fingerprint density at radius 2 is 2.05 bits per heavy atom. The minimum atomic E-state index is -4.35. The molecule has 0 spiro atoms. The molecule has 2 aromatic rings. The van der Waals surface area contributed by atoms with Gasteiger partial charge in [0.15, 0.2) is 5.82 Å². The largest absolute Gasteiger partial charge is 0.416 e. The van der Waals surface area contributed by atoms with Crippen LogP contribution in [0.15, 0.2) is 28.8 Å². The quantitative estimate of drug-likeness (QED) is 0.911. The second kappa shape index (κ2) is 7.60. The number of likely N-dealkylation sites (N-methyl/N-ethyl adjacent to an activating group) is 1. The van der Waals surface area contributed by atoms with E-state index in [9.17, 15) is 13.2 Å². The van der Waals surface area contributed by atoms with Crippen LogP contribution in [0.4, 0.5) is 13.2 Å². The first-order chi connectivity index (χ1) is 9.88. The molecule has 1 aromatic heterocycles. The van der Waals surface area contributed by atoms with Gasteiger partial charge in [-0.3, -0.25) is 0 Å². The van der Waals surface area contributed by atoms with Crippen molar-refractivity contribution >= 4 is 12.4 Å². The molecule has 22 heavy (non-hydrogen) atoms. The van der Waals surface area contributed by atoms with Crippen LogP contribution >= 0.6 is 12.4 Å². The van der Waals surface area contributed by atoms with Gasteiger partial charge >= 0.3 is 6.18 Å². The Kier molecular flexibility index (Phi) is 6.37. The number of halogens is 4. The minimum Gasteiger partial charge on any atom is -0.339 e. The number of benzene rings is 1. The fraction of sp³-hybridized carbons (Fsp3) is 0.429. The molecule has 4 nitrogen and oxygen atoms in total. The van der Waals surface area contributed by atoms with Gasteiger partial charge < -0.3 is 9.84 Å². The molecule has 1 unspecified atom stereocenters. The topological polar surface area (TPSA) is 51.0 Å². The minimum absolute atomic E-state index is 0. The predicted molar refractivity (Wildman–Crippen MR) is 78.0 cm³/mol. The average Bonchev–Trinajstić information content (AvgIpc) is 2.85. The molecule has 0 fully saturated rings. The summed E-state index contributed by atoms with van der Waals surface area (Å²) in [6.45, 7) is 1.98. The molecule has 0 saturated heterocycles. The van der Waals surface area contributed by atoms with Gasteiger partial charge in [0, 0.05) is 12.5 Å². The lowest BCUT2D eigenvalue weighted by Crippen LogP contribution is -2.24. The van der Waals surface area contributed by atoms with Crippen LogP contribution in [0, 0.1) is 0 Å². The Hall–Kier alpha value is -1.60. The molecule has 122 valence electrons. The molecule has 0 radical (unpaired) electrons. The first-order valence-corrected chi connectivity index (χ1v) is 6.53. The van der Waals surface area contributed by atoms with E-state index >= 15 is 0 Å². The number of hydrogen-bond donors (Lipinski definition) is 1. The fourth-order valence-corrected chi connectivity index (χ4v) is 1.85. The molecule has 1 heterocycles. The summed E-state index contributed by atoms with van der Waals surface area (Å²) in [5, 5.41) is 6.87. The Morgan fingerprint density at radius 3 is 2.68 bits per heavy atom. The van der Waals surface area contributed by atoms with Crippen LogP contribution in [-0.4, -0.2) is 23.2 Å². The monoisotopic (exact) mass is 335 g/mol. The molecule has 0 bridgehead atoms. The zero-order chi connectivity index (χ0) is 15.5. The summed E-state index contributed by atoms with van der Waals surface area (Å²) in [4.78, 5) is 4.19. The molecule has 0 aliphatic rings. The predicted octanol–water partition coefficient (Wildman–Crippen LogP) is 3.25. The maximum absolute atomic E-state index is 12.6. The highest BCUT2D eigenvalue weighted by Crippen LogP contribution is 2.29. The van der Waals surface area contributed by atoms with Crippen LogP contribution in [0.25, 0.3) is 0 Å². The van der Waals surface area contributed by atoms with Crippen LogP contribution in [-0.2, 0) is 19.0 Å². The lowest BCUT2D eigenvalue weighted by molar-refractivity contribution is -0.137. The van der Waals surface area contributed by atoms with Crippen molar-refractivity contribution in [3.05, 3.63) is 47.1 Å². The Morgan fingerprint density at radius 1 is 1.32 bits per heavy atom. The molecule has 1 N–H and O–H groups in total. The van der Waals surface area contributed by atoms with E-state index in [-0.39, 0.29) is 24.9 Å². The second-order valence-corrected chi connectivity index (χ2v) is 4.87. The maximum atomic E-state index is 12.6. The molecule has 8 heteroatoms. The zero-order valence-corrected chi connectivity index (χ0v) is 13.0. The maximum Gasteiger partial charge on any atom is 0.416 e. The summed E-state index contributed by atoms with van der Waals surface area (Å²) >= 11 is 0. The summed E-state index contributed by atoms with van der Waals surface area (Å²) in [5.74, 6) is 0.853. The standard InChI is InChI=1S/C14H16F3N3O.ClH/c1-9(18-2)6-12-19-13(21-20-12)8-10-4-3-5-11(7-10)14(15,16)17;/h3-5,7,9,18H,6,8H2,1-2H3;1H. The van der Waals surface area contributed by atoms with Gasteiger partial charge in [-0.2, -0.15) is 18.2 Å². The van der Waals surface area contributed by atoms with Crippen molar-refractivity contribution in [3.8, 4) is 0 Å². The lowest BCUT2D eigenvalue weighted by atomic mass is 10.1. The van der Waals surface area contributed by atoms with E-state index in [2.05, 4.69) is 15.5 Å². The van der Waals surface area contributed by atoms with Crippen molar-refractivity contribution < 1.29 is 17.7 Å². The van der Waals surface area contributed by atoms with Gasteiger partial charge in [0.25, 0.3) is 0 Å². The third kappa shape index (κ3) is 4.99. The normalized spacial score (nSPS) is 12.8. The second-order valence-electron chi connectivity index (χ2n) is 4.87. The van der Waals surface area contributed by atoms with E-state index in [1.807, 2.05) is 14.0 Å². The Balaban J connectivity index is 0.00000242. The van der Waals surface area contributed by atoms with Crippen LogP contribution in [0.3, 0.4) is 0 Å². The smallest absolute Gasteiger partial charge is 0.339 e. The Bertz CT molecular complexity index is 601. The molecule has 0 aliphatic heterocycles. The summed E-state index contributed by atoms with van der Waals surface area (Å²) in [7, 11) is 1.83. The molecule has 2 rings (SSSR count). The van der Waals surface area contributed by atoms with Crippen molar-refractivity contribution in [2.75, 3.05) is 7.05 Å². The van der Waals surface area contributed by atoms with Crippen molar-refractivity contribution in [1.29, 1.82) is 0 Å². The summed E-state index contributed by atoms with van der Waals surface area (Å²) in [6, 6.07) is 5.31. The number of aromatic nitrogens is 2. The van der Waals surface area contributed by atoms with E-state index in [1.165, 1.54) is 6.07 Å². The van der Waals surface area contributed by atoms with Crippen LogP contribution < -0.4 is 5.32 Å². The first kappa shape index (κ1) is 18.4. The third-order valence-electron chi connectivity index (χ3n) is 3.10. The van der Waals surface area contributed by atoms with Gasteiger partial charge in [-0.05, 0) is 25.6 Å². The Labute approximate surface area is 132 Å². The van der Waals surface area contributed by atoms with Crippen LogP contribution in [0.1, 0.15) is 29.8 Å². The van der Waals surface area contributed by atoms with Crippen molar-refractivity contribution in [2.45, 2.75) is 32.0 Å². The highest BCUT2D eigenvalue weighted by Gasteiger charge is 2.30. The van der Waals surface area contributed by atoms with Crippen molar-refractivity contribution in [2.24, 2.45) is 0 Å². The van der Waals surface area contributed by atoms with E-state index < -0.39 is 11.7 Å². The highest BCUT2D eigenvalue weighted by molar-refractivity contribution is 5.85. The molecule has 1 atom stereocenters. The van der Waals surface area contributed by atoms with Crippen LogP contribution in [0.5, 0.6) is 0 Å². The molecular formula is C14H17ClF3N3O. The van der Waals surface area contributed by atoms with Gasteiger partial charge in [-0.1, -0.05) is 23.4 Å². The van der Waals surface area contributed by atoms with Crippen molar-refractivity contribution in [1.82, 2.24) is 15.5 Å². The first-order valence-electron chi connectivity index (χ1n) is 6.53. The number of rotatable bonds is 5. The summed E-state index contributed by atoms with van der Waals surface area (Å²) < 4.78 is 43.0. The SMILES string of the molecule is CNC(C)Cc1noc(Cc2cccc(C(F)(F)F)c2)n1.Cl. The molecule has 0 amide bonds. The molecule has 0 aliphatic carbocycles. The summed E-state index contributed by atoms with van der Waals surface area (Å²) in [5.41, 5.74) is -0.190. The number of hydrogen-bond acceptors (Lipinski definition) is 4. The van der Waals surface area contributed by atoms with Crippen molar-refractivity contribution in [3.63, 3.8) is 0 Å². The molecule has 1 aromatic carbocycles. The summed E-state index contributed by atoms with van der Waals surface area (Å²) in [6.07, 6.45) is -3.56. The van der Waals surface area contributed by atoms with Gasteiger partial charge in [0.05, 0.1) is 12.0 Å². The van der Waals surface area contributed by atoms with E-state index in [0.29, 0.717) is 23.7 Å². The fourth-order valence-electron chi connectivity index (χ4n) is 1.85. The van der Waals surface area contributed by atoms with E-state index in [1.54, 1.807) is 6.07 Å². The van der Waals surface area contributed by atoms with E-state index in [0.717, 1.165) is 12.1 Å². The third-order valence-corrected chi connectivity index (χ3v) is 3.10. The number of alkyl halides is 3. The number of nitrogens with zero attached hydrogens (tertiary/aromatic N) is 2. The van der Waals surface area contributed by atoms with Gasteiger partial charge in [-0.25, -0.2) is 0 Å². The number of nitrogens with one attached hydrogen (secondary N) is 1.